The zero-order valence-electron chi connectivity index (χ0n) is 11.7. The fraction of sp³-hybridized carbons (Fsp3) is 0.769. The molecule has 2 aliphatic rings. The third kappa shape index (κ3) is 2.55. The number of rotatable bonds is 4. The lowest BCUT2D eigenvalue weighted by Crippen LogP contribution is -2.23. The van der Waals surface area contributed by atoms with Crippen molar-refractivity contribution in [2.45, 2.75) is 31.8 Å². The zero-order valence-corrected chi connectivity index (χ0v) is 11.7. The van der Waals surface area contributed by atoms with Crippen molar-refractivity contribution in [2.75, 3.05) is 26.9 Å². The summed E-state index contributed by atoms with van der Waals surface area (Å²) < 4.78 is 12.1. The maximum absolute atomic E-state index is 11.9. The van der Waals surface area contributed by atoms with Crippen molar-refractivity contribution in [3.8, 4) is 0 Å². The average molecular weight is 280 g/mol. The normalized spacial score (nSPS) is 26.1. The third-order valence-electron chi connectivity index (χ3n) is 4.00. The first-order chi connectivity index (χ1) is 9.79. The van der Waals surface area contributed by atoms with E-state index in [0.717, 1.165) is 51.3 Å². The Kier molecular flexibility index (Phi) is 3.98. The monoisotopic (exact) mass is 280 g/mol. The SMILES string of the molecule is COC(=O)c1nnn(CC2CCOC2)c1C1CCCN1. The molecular formula is C13H20N4O3. The summed E-state index contributed by atoms with van der Waals surface area (Å²) in [7, 11) is 1.37. The van der Waals surface area contributed by atoms with Crippen molar-refractivity contribution in [3.05, 3.63) is 11.4 Å². The molecule has 2 atom stereocenters. The predicted molar refractivity (Wildman–Crippen MR) is 70.3 cm³/mol. The fourth-order valence-electron chi connectivity index (χ4n) is 2.93. The number of nitrogens with one attached hydrogen (secondary N) is 1. The largest absolute Gasteiger partial charge is 0.464 e. The number of methoxy groups -OCH3 is 1. The summed E-state index contributed by atoms with van der Waals surface area (Å²) in [6, 6.07) is 0.140. The maximum atomic E-state index is 11.9. The molecule has 0 amide bonds. The van der Waals surface area contributed by atoms with Gasteiger partial charge in [-0.05, 0) is 25.8 Å². The van der Waals surface area contributed by atoms with Crippen LogP contribution in [0.3, 0.4) is 0 Å². The van der Waals surface area contributed by atoms with Crippen LogP contribution in [0.15, 0.2) is 0 Å². The van der Waals surface area contributed by atoms with Crippen molar-refractivity contribution in [1.29, 1.82) is 0 Å². The summed E-state index contributed by atoms with van der Waals surface area (Å²) in [5.74, 6) is 0.0324. The van der Waals surface area contributed by atoms with Crippen LogP contribution in [-0.2, 0) is 16.0 Å². The van der Waals surface area contributed by atoms with E-state index in [4.69, 9.17) is 9.47 Å². The number of nitrogens with zero attached hydrogens (tertiary/aromatic N) is 3. The first-order valence-electron chi connectivity index (χ1n) is 7.12. The van der Waals surface area contributed by atoms with Gasteiger partial charge in [0.15, 0.2) is 5.69 Å². The molecule has 3 rings (SSSR count). The molecule has 2 unspecified atom stereocenters. The van der Waals surface area contributed by atoms with Gasteiger partial charge in [-0.1, -0.05) is 5.21 Å². The average Bonchev–Trinajstić information content (AvgIpc) is 3.19. The van der Waals surface area contributed by atoms with Crippen LogP contribution in [0.4, 0.5) is 0 Å². The van der Waals surface area contributed by atoms with Crippen molar-refractivity contribution in [1.82, 2.24) is 20.3 Å². The Bertz CT molecular complexity index is 476. The Morgan fingerprint density at radius 1 is 1.55 bits per heavy atom. The molecule has 7 heteroatoms. The van der Waals surface area contributed by atoms with Gasteiger partial charge in [0.1, 0.15) is 0 Å². The number of ether oxygens (including phenoxy) is 2. The first kappa shape index (κ1) is 13.5. The number of hydrogen-bond acceptors (Lipinski definition) is 6. The van der Waals surface area contributed by atoms with Crippen molar-refractivity contribution < 1.29 is 14.3 Å². The van der Waals surface area contributed by atoms with E-state index < -0.39 is 5.97 Å². The Balaban J connectivity index is 1.87. The molecule has 7 nitrogen and oxygen atoms in total. The van der Waals surface area contributed by atoms with Crippen LogP contribution >= 0.6 is 0 Å². The molecule has 110 valence electrons. The molecule has 1 aromatic rings. The highest BCUT2D eigenvalue weighted by Gasteiger charge is 2.30. The minimum atomic E-state index is -0.414. The summed E-state index contributed by atoms with van der Waals surface area (Å²) in [6.45, 7) is 3.27. The smallest absolute Gasteiger partial charge is 0.360 e. The predicted octanol–water partition coefficient (Wildman–Crippen LogP) is 0.526. The summed E-state index contributed by atoms with van der Waals surface area (Å²) in [4.78, 5) is 11.9. The molecule has 3 heterocycles. The molecule has 0 spiro atoms. The molecular weight excluding hydrogens is 260 g/mol. The fourth-order valence-corrected chi connectivity index (χ4v) is 2.93. The van der Waals surface area contributed by atoms with Crippen LogP contribution < -0.4 is 5.32 Å². The number of hydrogen-bond donors (Lipinski definition) is 1. The lowest BCUT2D eigenvalue weighted by atomic mass is 10.1. The molecule has 2 fully saturated rings. The Labute approximate surface area is 117 Å². The van der Waals surface area contributed by atoms with E-state index in [2.05, 4.69) is 15.6 Å². The highest BCUT2D eigenvalue weighted by Crippen LogP contribution is 2.27. The van der Waals surface area contributed by atoms with E-state index in [1.165, 1.54) is 7.11 Å². The van der Waals surface area contributed by atoms with E-state index in [-0.39, 0.29) is 6.04 Å². The lowest BCUT2D eigenvalue weighted by molar-refractivity contribution is 0.0591. The number of carbonyl (C=O) groups is 1. The van der Waals surface area contributed by atoms with E-state index in [9.17, 15) is 4.79 Å². The molecule has 2 saturated heterocycles. The summed E-state index contributed by atoms with van der Waals surface area (Å²) in [5.41, 5.74) is 1.20. The minimum absolute atomic E-state index is 0.140. The van der Waals surface area contributed by atoms with Gasteiger partial charge in [0.05, 0.1) is 25.5 Å². The first-order valence-corrected chi connectivity index (χ1v) is 7.12. The van der Waals surface area contributed by atoms with Crippen LogP contribution in [0.25, 0.3) is 0 Å². The summed E-state index contributed by atoms with van der Waals surface area (Å²) in [5, 5.41) is 11.6. The number of esters is 1. The zero-order chi connectivity index (χ0) is 13.9. The molecule has 0 radical (unpaired) electrons. The van der Waals surface area contributed by atoms with Crippen LogP contribution in [0.5, 0.6) is 0 Å². The van der Waals surface area contributed by atoms with Crippen LogP contribution in [0.2, 0.25) is 0 Å². The molecule has 0 bridgehead atoms. The Morgan fingerprint density at radius 2 is 2.45 bits per heavy atom. The summed E-state index contributed by atoms with van der Waals surface area (Å²) >= 11 is 0. The van der Waals surface area contributed by atoms with E-state index in [0.29, 0.717) is 11.6 Å². The third-order valence-corrected chi connectivity index (χ3v) is 4.00. The Hall–Kier alpha value is -1.47. The van der Waals surface area contributed by atoms with Gasteiger partial charge >= 0.3 is 5.97 Å². The molecule has 20 heavy (non-hydrogen) atoms. The van der Waals surface area contributed by atoms with Gasteiger partial charge in [0.25, 0.3) is 0 Å². The second-order valence-electron chi connectivity index (χ2n) is 5.38. The van der Waals surface area contributed by atoms with Crippen LogP contribution in [0.1, 0.15) is 41.5 Å². The molecule has 1 aromatic heterocycles. The number of aromatic nitrogens is 3. The van der Waals surface area contributed by atoms with Gasteiger partial charge in [-0.2, -0.15) is 0 Å². The van der Waals surface area contributed by atoms with Crippen LogP contribution in [0, 0.1) is 5.92 Å². The molecule has 1 N–H and O–H groups in total. The minimum Gasteiger partial charge on any atom is -0.464 e. The van der Waals surface area contributed by atoms with E-state index >= 15 is 0 Å². The standard InChI is InChI=1S/C13H20N4O3/c1-19-13(18)11-12(10-3-2-5-14-10)17(16-15-11)7-9-4-6-20-8-9/h9-10,14H,2-8H2,1H3. The van der Waals surface area contributed by atoms with Gasteiger partial charge < -0.3 is 14.8 Å². The van der Waals surface area contributed by atoms with Crippen molar-refractivity contribution in [3.63, 3.8) is 0 Å². The molecule has 0 saturated carbocycles. The maximum Gasteiger partial charge on any atom is 0.360 e. The highest BCUT2D eigenvalue weighted by molar-refractivity contribution is 5.88. The lowest BCUT2D eigenvalue weighted by Gasteiger charge is -2.15. The summed E-state index contributed by atoms with van der Waals surface area (Å²) in [6.07, 6.45) is 3.13. The van der Waals surface area contributed by atoms with Crippen LogP contribution in [-0.4, -0.2) is 47.8 Å². The second kappa shape index (κ2) is 5.88. The van der Waals surface area contributed by atoms with Crippen molar-refractivity contribution >= 4 is 5.97 Å². The van der Waals surface area contributed by atoms with Gasteiger partial charge in [-0.15, -0.1) is 5.10 Å². The Morgan fingerprint density at radius 3 is 3.10 bits per heavy atom. The van der Waals surface area contributed by atoms with E-state index in [1.54, 1.807) is 0 Å². The van der Waals surface area contributed by atoms with Gasteiger partial charge in [0, 0.05) is 19.1 Å². The molecule has 0 aromatic carbocycles. The topological polar surface area (TPSA) is 78.3 Å². The van der Waals surface area contributed by atoms with E-state index in [1.807, 2.05) is 4.68 Å². The highest BCUT2D eigenvalue weighted by atomic mass is 16.5. The van der Waals surface area contributed by atoms with Gasteiger partial charge in [-0.3, -0.25) is 0 Å². The van der Waals surface area contributed by atoms with Crippen molar-refractivity contribution in [2.24, 2.45) is 5.92 Å². The van der Waals surface area contributed by atoms with Gasteiger partial charge in [0.2, 0.25) is 0 Å². The quantitative estimate of drug-likeness (QED) is 0.810. The van der Waals surface area contributed by atoms with Gasteiger partial charge in [-0.25, -0.2) is 9.48 Å². The molecule has 2 aliphatic heterocycles. The molecule has 0 aliphatic carbocycles. The second-order valence-corrected chi connectivity index (χ2v) is 5.38. The number of carbonyl (C=O) groups excluding carboxylic acids is 1.